The van der Waals surface area contributed by atoms with Crippen LogP contribution in [-0.2, 0) is 29.2 Å². The van der Waals surface area contributed by atoms with Crippen molar-refractivity contribution in [3.8, 4) is 0 Å². The summed E-state index contributed by atoms with van der Waals surface area (Å²) in [5.74, 6) is 2.99. The quantitative estimate of drug-likeness (QED) is 0.703. The van der Waals surface area contributed by atoms with Crippen LogP contribution in [0.15, 0.2) is 12.4 Å². The first kappa shape index (κ1) is 21.5. The second kappa shape index (κ2) is 9.20. The Hall–Kier alpha value is -2.71. The van der Waals surface area contributed by atoms with Crippen molar-refractivity contribution < 1.29 is 9.59 Å². The highest BCUT2D eigenvalue weighted by Crippen LogP contribution is 2.29. The van der Waals surface area contributed by atoms with E-state index < -0.39 is 0 Å². The number of hydrogen-bond donors (Lipinski definition) is 0. The van der Waals surface area contributed by atoms with Gasteiger partial charge in [0.25, 0.3) is 0 Å². The Morgan fingerprint density at radius 2 is 1.84 bits per heavy atom. The maximum absolute atomic E-state index is 12.7. The fraction of sp³-hybridized carbons (Fsp3) is 0.682. The standard InChI is InChI=1S/C22H33N7O2/c1-16(2)12-21(31)26-7-4-18(5-8-26)22-25-24-19-15-27(10-11-29(19)22)20(30)6-9-28-14-17(3)13-23-28/h13-14,16,18H,4-12,15H2,1-3H3. The molecule has 168 valence electrons. The van der Waals surface area contributed by atoms with E-state index in [-0.39, 0.29) is 11.8 Å². The molecule has 2 aliphatic heterocycles. The van der Waals surface area contributed by atoms with Crippen LogP contribution in [0.2, 0.25) is 0 Å². The van der Waals surface area contributed by atoms with Gasteiger partial charge in [0.1, 0.15) is 5.82 Å². The molecule has 4 heterocycles. The van der Waals surface area contributed by atoms with Crippen LogP contribution in [-0.4, -0.2) is 65.8 Å². The zero-order chi connectivity index (χ0) is 22.0. The predicted octanol–water partition coefficient (Wildman–Crippen LogP) is 1.97. The van der Waals surface area contributed by atoms with E-state index in [1.165, 1.54) is 0 Å². The lowest BCUT2D eigenvalue weighted by molar-refractivity contribution is -0.133. The van der Waals surface area contributed by atoms with Crippen LogP contribution < -0.4 is 0 Å². The van der Waals surface area contributed by atoms with E-state index in [2.05, 4.69) is 33.7 Å². The van der Waals surface area contributed by atoms with E-state index in [1.54, 1.807) is 6.20 Å². The van der Waals surface area contributed by atoms with Crippen LogP contribution >= 0.6 is 0 Å². The number of aryl methyl sites for hydroxylation is 2. The fourth-order valence-corrected chi connectivity index (χ4v) is 4.52. The van der Waals surface area contributed by atoms with Crippen LogP contribution in [0, 0.1) is 12.8 Å². The SMILES string of the molecule is Cc1cnn(CCC(=O)N2CCn3c(nnc3C3CCN(C(=O)CC(C)C)CC3)C2)c1. The summed E-state index contributed by atoms with van der Waals surface area (Å²) in [4.78, 5) is 28.9. The molecular weight excluding hydrogens is 394 g/mol. The van der Waals surface area contributed by atoms with Crippen molar-refractivity contribution in [1.82, 2.24) is 34.3 Å². The number of amides is 2. The number of fused-ring (bicyclic) bond motifs is 1. The predicted molar refractivity (Wildman–Crippen MR) is 115 cm³/mol. The lowest BCUT2D eigenvalue weighted by atomic mass is 9.95. The molecule has 1 fully saturated rings. The summed E-state index contributed by atoms with van der Waals surface area (Å²) in [6, 6.07) is 0. The van der Waals surface area contributed by atoms with Gasteiger partial charge in [0.2, 0.25) is 11.8 Å². The monoisotopic (exact) mass is 427 g/mol. The number of carbonyl (C=O) groups excluding carboxylic acids is 2. The summed E-state index contributed by atoms with van der Waals surface area (Å²) in [5.41, 5.74) is 1.10. The molecule has 0 aromatic carbocycles. The van der Waals surface area contributed by atoms with Gasteiger partial charge in [-0.3, -0.25) is 14.3 Å². The van der Waals surface area contributed by atoms with Crippen LogP contribution in [0.3, 0.4) is 0 Å². The minimum atomic E-state index is 0.126. The minimum absolute atomic E-state index is 0.126. The number of hydrogen-bond acceptors (Lipinski definition) is 5. The summed E-state index contributed by atoms with van der Waals surface area (Å²) >= 11 is 0. The fourth-order valence-electron chi connectivity index (χ4n) is 4.52. The first-order valence-electron chi connectivity index (χ1n) is 11.4. The molecule has 0 radical (unpaired) electrons. The topological polar surface area (TPSA) is 89.2 Å². The zero-order valence-corrected chi connectivity index (χ0v) is 18.8. The molecule has 0 bridgehead atoms. The second-order valence-corrected chi connectivity index (χ2v) is 9.23. The van der Waals surface area contributed by atoms with E-state index in [0.29, 0.717) is 44.3 Å². The van der Waals surface area contributed by atoms with E-state index in [4.69, 9.17) is 0 Å². The maximum atomic E-state index is 12.7. The molecule has 0 unspecified atom stereocenters. The molecule has 31 heavy (non-hydrogen) atoms. The van der Waals surface area contributed by atoms with Gasteiger partial charge in [-0.25, -0.2) is 0 Å². The van der Waals surface area contributed by atoms with Gasteiger partial charge in [0.15, 0.2) is 5.82 Å². The molecule has 2 aromatic rings. The molecule has 1 saturated heterocycles. The van der Waals surface area contributed by atoms with E-state index >= 15 is 0 Å². The van der Waals surface area contributed by atoms with Crippen molar-refractivity contribution in [2.24, 2.45) is 5.92 Å². The van der Waals surface area contributed by atoms with E-state index in [1.807, 2.05) is 27.6 Å². The molecule has 2 aliphatic rings. The smallest absolute Gasteiger partial charge is 0.224 e. The van der Waals surface area contributed by atoms with Gasteiger partial charge in [0, 0.05) is 57.7 Å². The number of piperidine rings is 1. The molecule has 0 spiro atoms. The molecule has 2 amide bonds. The first-order valence-corrected chi connectivity index (χ1v) is 11.4. The van der Waals surface area contributed by atoms with Crippen LogP contribution in [0.5, 0.6) is 0 Å². The molecule has 4 rings (SSSR count). The highest BCUT2D eigenvalue weighted by atomic mass is 16.2. The molecule has 0 saturated carbocycles. The molecule has 0 aliphatic carbocycles. The summed E-state index contributed by atoms with van der Waals surface area (Å²) in [6.45, 7) is 10.3. The van der Waals surface area contributed by atoms with Crippen LogP contribution in [0.1, 0.15) is 62.7 Å². The van der Waals surface area contributed by atoms with Gasteiger partial charge in [-0.1, -0.05) is 13.8 Å². The highest BCUT2D eigenvalue weighted by Gasteiger charge is 2.30. The van der Waals surface area contributed by atoms with Crippen LogP contribution in [0.4, 0.5) is 0 Å². The van der Waals surface area contributed by atoms with Gasteiger partial charge in [-0.2, -0.15) is 5.10 Å². The van der Waals surface area contributed by atoms with Crippen molar-refractivity contribution in [3.63, 3.8) is 0 Å². The average Bonchev–Trinajstić information content (AvgIpc) is 3.37. The van der Waals surface area contributed by atoms with Crippen LogP contribution in [0.25, 0.3) is 0 Å². The van der Waals surface area contributed by atoms with Gasteiger partial charge in [0.05, 0.1) is 12.7 Å². The molecule has 0 atom stereocenters. The molecule has 9 heteroatoms. The van der Waals surface area contributed by atoms with Crippen molar-refractivity contribution in [2.75, 3.05) is 19.6 Å². The lowest BCUT2D eigenvalue weighted by Crippen LogP contribution is -2.40. The first-order chi connectivity index (χ1) is 14.9. The van der Waals surface area contributed by atoms with E-state index in [9.17, 15) is 9.59 Å². The number of aromatic nitrogens is 5. The molecule has 2 aromatic heterocycles. The summed E-state index contributed by atoms with van der Waals surface area (Å²) in [5, 5.41) is 13.1. The number of carbonyl (C=O) groups is 2. The van der Waals surface area contributed by atoms with Gasteiger partial charge in [-0.15, -0.1) is 10.2 Å². The van der Waals surface area contributed by atoms with Crippen molar-refractivity contribution >= 4 is 11.8 Å². The second-order valence-electron chi connectivity index (χ2n) is 9.23. The Morgan fingerprint density at radius 1 is 1.06 bits per heavy atom. The van der Waals surface area contributed by atoms with Crippen molar-refractivity contribution in [3.05, 3.63) is 29.6 Å². The molecular formula is C22H33N7O2. The Bertz CT molecular complexity index is 924. The van der Waals surface area contributed by atoms with Gasteiger partial charge in [-0.05, 0) is 31.2 Å². The normalized spacial score (nSPS) is 17.3. The van der Waals surface area contributed by atoms with Crippen molar-refractivity contribution in [1.29, 1.82) is 0 Å². The minimum Gasteiger partial charge on any atom is -0.343 e. The summed E-state index contributed by atoms with van der Waals surface area (Å²) in [7, 11) is 0. The lowest BCUT2D eigenvalue weighted by Gasteiger charge is -2.33. The maximum Gasteiger partial charge on any atom is 0.224 e. The number of rotatable bonds is 6. The molecule has 9 nitrogen and oxygen atoms in total. The van der Waals surface area contributed by atoms with Gasteiger partial charge < -0.3 is 14.4 Å². The number of likely N-dealkylation sites (tertiary alicyclic amines) is 1. The molecule has 0 N–H and O–H groups in total. The third kappa shape index (κ3) is 4.97. The zero-order valence-electron chi connectivity index (χ0n) is 18.8. The summed E-state index contributed by atoms with van der Waals surface area (Å²) in [6.07, 6.45) is 6.66. The Kier molecular flexibility index (Phi) is 6.38. The largest absolute Gasteiger partial charge is 0.343 e. The third-order valence-electron chi connectivity index (χ3n) is 6.25. The van der Waals surface area contributed by atoms with E-state index in [0.717, 1.165) is 49.7 Å². The Morgan fingerprint density at radius 3 is 2.52 bits per heavy atom. The Labute approximate surface area is 183 Å². The highest BCUT2D eigenvalue weighted by molar-refractivity contribution is 5.76. The number of nitrogens with zero attached hydrogens (tertiary/aromatic N) is 7. The summed E-state index contributed by atoms with van der Waals surface area (Å²) < 4.78 is 4.01. The third-order valence-corrected chi connectivity index (χ3v) is 6.25. The Balaban J connectivity index is 1.31. The van der Waals surface area contributed by atoms with Crippen molar-refractivity contribution in [2.45, 2.75) is 72.0 Å². The van der Waals surface area contributed by atoms with Gasteiger partial charge >= 0.3 is 0 Å². The average molecular weight is 428 g/mol.